The average molecular weight is 199 g/mol. The number of anilines is 1. The number of amides is 1. The van der Waals surface area contributed by atoms with E-state index in [4.69, 9.17) is 24.4 Å². The Kier molecular flexibility index (Phi) is 1.59. The topological polar surface area (TPSA) is 60.7 Å². The first kappa shape index (κ1) is 7.63. The number of H-pyrrole nitrogens is 2. The fourth-order valence-electron chi connectivity index (χ4n) is 1.13. The van der Waals surface area contributed by atoms with Crippen LogP contribution in [-0.4, -0.2) is 15.9 Å². The molecule has 0 atom stereocenters. The third-order valence-electron chi connectivity index (χ3n) is 1.64. The van der Waals surface area contributed by atoms with Crippen LogP contribution in [-0.2, 0) is 11.2 Å². The Morgan fingerprint density at radius 2 is 2.00 bits per heavy atom. The first-order valence-electron chi connectivity index (χ1n) is 3.32. The van der Waals surface area contributed by atoms with Crippen LogP contribution < -0.4 is 5.32 Å². The largest absolute Gasteiger partial charge is 0.323 e. The van der Waals surface area contributed by atoms with Crippen molar-refractivity contribution in [3.05, 3.63) is 15.0 Å². The van der Waals surface area contributed by atoms with Crippen molar-refractivity contribution in [2.45, 2.75) is 6.42 Å². The average Bonchev–Trinajstić information content (AvgIpc) is 2.29. The molecule has 1 aliphatic heterocycles. The number of hydrogen-bond donors (Lipinski definition) is 3. The highest BCUT2D eigenvalue weighted by Crippen LogP contribution is 2.19. The molecule has 2 rings (SSSR count). The lowest BCUT2D eigenvalue weighted by Crippen LogP contribution is -2.04. The van der Waals surface area contributed by atoms with E-state index in [9.17, 15) is 4.79 Å². The van der Waals surface area contributed by atoms with Crippen LogP contribution in [0.4, 0.5) is 5.82 Å². The predicted molar refractivity (Wildman–Crippen MR) is 49.1 cm³/mol. The Bertz CT molecular complexity index is 459. The van der Waals surface area contributed by atoms with Crippen molar-refractivity contribution < 1.29 is 4.79 Å². The summed E-state index contributed by atoms with van der Waals surface area (Å²) in [5.41, 5.74) is 0.795. The highest BCUT2D eigenvalue weighted by atomic mass is 32.1. The van der Waals surface area contributed by atoms with Gasteiger partial charge in [0.25, 0.3) is 0 Å². The van der Waals surface area contributed by atoms with Crippen LogP contribution in [0.1, 0.15) is 5.56 Å². The van der Waals surface area contributed by atoms with Crippen LogP contribution in [0.15, 0.2) is 0 Å². The molecular weight excluding hydrogens is 194 g/mol. The van der Waals surface area contributed by atoms with Crippen LogP contribution in [0.25, 0.3) is 0 Å². The van der Waals surface area contributed by atoms with E-state index < -0.39 is 0 Å². The molecule has 1 aromatic heterocycles. The summed E-state index contributed by atoms with van der Waals surface area (Å²) < 4.78 is 0.966. The summed E-state index contributed by atoms with van der Waals surface area (Å²) in [6, 6.07) is 0. The molecule has 0 bridgehead atoms. The summed E-state index contributed by atoms with van der Waals surface area (Å²) in [4.78, 5) is 16.5. The van der Waals surface area contributed by atoms with Crippen LogP contribution in [0, 0.1) is 9.41 Å². The van der Waals surface area contributed by atoms with Gasteiger partial charge in [-0.2, -0.15) is 0 Å². The number of rotatable bonds is 0. The van der Waals surface area contributed by atoms with Gasteiger partial charge in [-0.05, 0) is 12.2 Å². The second-order valence-electron chi connectivity index (χ2n) is 2.49. The third-order valence-corrected chi connectivity index (χ3v) is 2.20. The lowest BCUT2D eigenvalue weighted by Gasteiger charge is -1.96. The van der Waals surface area contributed by atoms with E-state index in [1.54, 1.807) is 0 Å². The molecular formula is C6H5N3OS2. The number of carbonyl (C=O) groups excluding carboxylic acids is 1. The second kappa shape index (κ2) is 2.49. The maximum absolute atomic E-state index is 10.9. The van der Waals surface area contributed by atoms with Gasteiger partial charge in [0.05, 0.1) is 6.42 Å². The Morgan fingerprint density at radius 3 is 2.75 bits per heavy atom. The number of aromatic nitrogens is 2. The van der Waals surface area contributed by atoms with Crippen molar-refractivity contribution in [1.82, 2.24) is 9.97 Å². The summed E-state index contributed by atoms with van der Waals surface area (Å²) in [6.45, 7) is 0. The quantitative estimate of drug-likeness (QED) is 0.552. The van der Waals surface area contributed by atoms with Gasteiger partial charge in [0, 0.05) is 5.56 Å². The van der Waals surface area contributed by atoms with Gasteiger partial charge >= 0.3 is 0 Å². The van der Waals surface area contributed by atoms with E-state index in [1.165, 1.54) is 0 Å². The molecule has 3 N–H and O–H groups in total. The molecule has 2 heterocycles. The molecule has 0 radical (unpaired) electrons. The van der Waals surface area contributed by atoms with E-state index in [2.05, 4.69) is 15.3 Å². The Labute approximate surface area is 78.0 Å². The lowest BCUT2D eigenvalue weighted by molar-refractivity contribution is -0.115. The summed E-state index contributed by atoms with van der Waals surface area (Å²) in [6.07, 6.45) is 0.330. The zero-order valence-electron chi connectivity index (χ0n) is 5.93. The molecule has 0 aliphatic carbocycles. The van der Waals surface area contributed by atoms with Gasteiger partial charge in [-0.3, -0.25) is 4.79 Å². The molecule has 0 fully saturated rings. The van der Waals surface area contributed by atoms with Crippen molar-refractivity contribution in [1.29, 1.82) is 0 Å². The molecule has 1 amide bonds. The Hall–Kier alpha value is -1.01. The summed E-state index contributed by atoms with van der Waals surface area (Å²) >= 11 is 9.83. The molecule has 0 saturated heterocycles. The Balaban J connectivity index is 2.76. The maximum Gasteiger partial charge on any atom is 0.230 e. The van der Waals surface area contributed by atoms with Gasteiger partial charge in [0.2, 0.25) is 5.91 Å². The number of carbonyl (C=O) groups is 1. The van der Waals surface area contributed by atoms with E-state index in [0.29, 0.717) is 21.7 Å². The zero-order chi connectivity index (χ0) is 8.72. The normalized spacial score (nSPS) is 14.2. The third kappa shape index (κ3) is 1.09. The van der Waals surface area contributed by atoms with Gasteiger partial charge in [-0.1, -0.05) is 12.2 Å². The summed E-state index contributed by atoms with van der Waals surface area (Å²) in [5.74, 6) is 0.579. The molecule has 12 heavy (non-hydrogen) atoms. The minimum Gasteiger partial charge on any atom is -0.323 e. The van der Waals surface area contributed by atoms with Gasteiger partial charge < -0.3 is 15.3 Å². The highest BCUT2D eigenvalue weighted by Gasteiger charge is 2.19. The van der Waals surface area contributed by atoms with E-state index in [0.717, 1.165) is 5.56 Å². The fraction of sp³-hybridized carbons (Fsp3) is 0.167. The SMILES string of the molecule is O=C1Cc2c([nH]c(=S)[nH]c2=S)N1. The van der Waals surface area contributed by atoms with Crippen LogP contribution in [0.3, 0.4) is 0 Å². The fourth-order valence-corrected chi connectivity index (χ4v) is 1.68. The van der Waals surface area contributed by atoms with Crippen molar-refractivity contribution in [2.24, 2.45) is 0 Å². The summed E-state index contributed by atoms with van der Waals surface area (Å²) in [5, 5.41) is 2.63. The lowest BCUT2D eigenvalue weighted by atomic mass is 10.3. The van der Waals surface area contributed by atoms with Gasteiger partial charge in [0.15, 0.2) is 4.77 Å². The molecule has 0 saturated carbocycles. The second-order valence-corrected chi connectivity index (χ2v) is 3.30. The molecule has 0 aromatic carbocycles. The van der Waals surface area contributed by atoms with Crippen LogP contribution >= 0.6 is 24.4 Å². The van der Waals surface area contributed by atoms with Gasteiger partial charge in [-0.25, -0.2) is 0 Å². The minimum atomic E-state index is -0.0543. The predicted octanol–water partition coefficient (Wildman–Crippen LogP) is 1.30. The standard InChI is InChI=1S/C6H5N3OS2/c10-3-1-2-4(7-3)8-6(12)9-5(2)11/h1H2,(H3,7,8,9,10,11,12). The molecule has 1 aliphatic rings. The van der Waals surface area contributed by atoms with Crippen LogP contribution in [0.5, 0.6) is 0 Å². The summed E-state index contributed by atoms with van der Waals surface area (Å²) in [7, 11) is 0. The van der Waals surface area contributed by atoms with Gasteiger partial charge in [-0.15, -0.1) is 0 Å². The minimum absolute atomic E-state index is 0.0543. The molecule has 0 unspecified atom stereocenters. The molecule has 0 spiro atoms. The van der Waals surface area contributed by atoms with Crippen molar-refractivity contribution in [2.75, 3.05) is 5.32 Å². The highest BCUT2D eigenvalue weighted by molar-refractivity contribution is 7.72. The van der Waals surface area contributed by atoms with E-state index in [-0.39, 0.29) is 5.91 Å². The monoisotopic (exact) mass is 199 g/mol. The number of fused-ring (bicyclic) bond motifs is 1. The van der Waals surface area contributed by atoms with E-state index >= 15 is 0 Å². The maximum atomic E-state index is 10.9. The molecule has 62 valence electrons. The van der Waals surface area contributed by atoms with Crippen molar-refractivity contribution in [3.8, 4) is 0 Å². The first-order valence-corrected chi connectivity index (χ1v) is 4.14. The number of aromatic amines is 2. The number of hydrogen-bond acceptors (Lipinski definition) is 3. The van der Waals surface area contributed by atoms with Crippen molar-refractivity contribution >= 4 is 36.2 Å². The molecule has 4 nitrogen and oxygen atoms in total. The Morgan fingerprint density at radius 1 is 1.25 bits per heavy atom. The molecule has 1 aromatic rings. The van der Waals surface area contributed by atoms with Gasteiger partial charge in [0.1, 0.15) is 10.5 Å². The first-order chi connectivity index (χ1) is 5.66. The molecule has 6 heteroatoms. The number of nitrogens with one attached hydrogen (secondary N) is 3. The van der Waals surface area contributed by atoms with Crippen molar-refractivity contribution in [3.63, 3.8) is 0 Å². The smallest absolute Gasteiger partial charge is 0.230 e. The van der Waals surface area contributed by atoms with E-state index in [1.807, 2.05) is 0 Å². The van der Waals surface area contributed by atoms with Crippen LogP contribution in [0.2, 0.25) is 0 Å². The zero-order valence-corrected chi connectivity index (χ0v) is 7.56.